The third kappa shape index (κ3) is 1.83. The van der Waals surface area contributed by atoms with Crippen molar-refractivity contribution in [3.05, 3.63) is 74.8 Å². The van der Waals surface area contributed by atoms with Gasteiger partial charge in [0.1, 0.15) is 0 Å². The minimum atomic E-state index is 0.401. The van der Waals surface area contributed by atoms with Gasteiger partial charge in [0.2, 0.25) is 0 Å². The van der Waals surface area contributed by atoms with Crippen LogP contribution in [0.25, 0.3) is 6.08 Å². The average Bonchev–Trinajstić information content (AvgIpc) is 2.79. The van der Waals surface area contributed by atoms with E-state index >= 15 is 0 Å². The lowest BCUT2D eigenvalue weighted by atomic mass is 9.89. The highest BCUT2D eigenvalue weighted by Crippen LogP contribution is 2.39. The average molecular weight is 299 g/mol. The molecule has 1 heteroatoms. The number of rotatable bonds is 1. The van der Waals surface area contributed by atoms with Gasteiger partial charge in [0.25, 0.3) is 0 Å². The van der Waals surface area contributed by atoms with Crippen LogP contribution in [0.15, 0.2) is 46.9 Å². The summed E-state index contributed by atoms with van der Waals surface area (Å²) in [6, 6.07) is 13.2. The van der Waals surface area contributed by atoms with E-state index in [0.29, 0.717) is 5.92 Å². The van der Waals surface area contributed by atoms with Crippen molar-refractivity contribution in [3.63, 3.8) is 0 Å². The maximum atomic E-state index is 3.63. The first-order chi connectivity index (χ1) is 8.66. The Morgan fingerprint density at radius 1 is 0.944 bits per heavy atom. The van der Waals surface area contributed by atoms with Crippen LogP contribution in [0, 0.1) is 13.8 Å². The smallest absolute Gasteiger partial charge is 0.0281 e. The first-order valence-corrected chi connectivity index (χ1v) is 7.00. The van der Waals surface area contributed by atoms with E-state index in [9.17, 15) is 0 Å². The molecule has 1 aliphatic rings. The normalized spacial score (nSPS) is 16.9. The highest BCUT2D eigenvalue weighted by Gasteiger charge is 2.21. The van der Waals surface area contributed by atoms with Gasteiger partial charge >= 0.3 is 0 Å². The largest absolute Gasteiger partial charge is 0.0720 e. The summed E-state index contributed by atoms with van der Waals surface area (Å²) < 4.78 is 1.20. The van der Waals surface area contributed by atoms with Gasteiger partial charge in [-0.15, -0.1) is 0 Å². The zero-order valence-electron chi connectivity index (χ0n) is 10.6. The Balaban J connectivity index is 2.12. The van der Waals surface area contributed by atoms with Gasteiger partial charge in [0, 0.05) is 10.4 Å². The Hall–Kier alpha value is -1.34. The minimum Gasteiger partial charge on any atom is -0.0720 e. The Morgan fingerprint density at radius 2 is 1.67 bits per heavy atom. The number of halogens is 1. The molecule has 0 radical (unpaired) electrons. The van der Waals surface area contributed by atoms with E-state index < -0.39 is 0 Å². The number of aryl methyl sites for hydroxylation is 1. The van der Waals surface area contributed by atoms with Crippen LogP contribution in [0.4, 0.5) is 0 Å². The maximum Gasteiger partial charge on any atom is 0.0281 e. The van der Waals surface area contributed by atoms with E-state index in [1.807, 2.05) is 0 Å². The molecule has 0 saturated heterocycles. The molecule has 0 aliphatic heterocycles. The molecule has 0 spiro atoms. The number of fused-ring (bicyclic) bond motifs is 1. The first kappa shape index (κ1) is 11.7. The molecule has 90 valence electrons. The van der Waals surface area contributed by atoms with Gasteiger partial charge in [-0.1, -0.05) is 64.0 Å². The molecule has 1 unspecified atom stereocenters. The molecule has 2 aromatic carbocycles. The van der Waals surface area contributed by atoms with E-state index in [1.54, 1.807) is 0 Å². The summed E-state index contributed by atoms with van der Waals surface area (Å²) in [6.45, 7) is 4.32. The molecule has 0 N–H and O–H groups in total. The van der Waals surface area contributed by atoms with Crippen LogP contribution in [0.5, 0.6) is 0 Å². The summed E-state index contributed by atoms with van der Waals surface area (Å²) in [4.78, 5) is 0. The second kappa shape index (κ2) is 4.40. The molecule has 1 atom stereocenters. The monoisotopic (exact) mass is 298 g/mol. The van der Waals surface area contributed by atoms with E-state index in [1.165, 1.54) is 32.3 Å². The maximum absolute atomic E-state index is 3.63. The van der Waals surface area contributed by atoms with Crippen molar-refractivity contribution >= 4 is 22.0 Å². The van der Waals surface area contributed by atoms with Crippen molar-refractivity contribution in [3.8, 4) is 0 Å². The Kier molecular flexibility index (Phi) is 2.87. The Morgan fingerprint density at radius 3 is 2.39 bits per heavy atom. The predicted octanol–water partition coefficient (Wildman–Crippen LogP) is 5.22. The van der Waals surface area contributed by atoms with Crippen LogP contribution < -0.4 is 0 Å². The lowest BCUT2D eigenvalue weighted by molar-refractivity contribution is 1.02. The Bertz CT molecular complexity index is 621. The van der Waals surface area contributed by atoms with E-state index in [0.717, 1.165) is 0 Å². The molecule has 2 aromatic rings. The topological polar surface area (TPSA) is 0 Å². The standard InChI is InChI=1S/C17H15Br/c1-11-3-5-13(6-4-11)15-9-7-14-8-10-16(18)12(2)17(14)15/h3-10,15H,1-2H3. The predicted molar refractivity (Wildman–Crippen MR) is 80.9 cm³/mol. The van der Waals surface area contributed by atoms with Gasteiger partial charge in [-0.25, -0.2) is 0 Å². The molecule has 3 rings (SSSR count). The van der Waals surface area contributed by atoms with Crippen molar-refractivity contribution < 1.29 is 0 Å². The summed E-state index contributed by atoms with van der Waals surface area (Å²) in [5.41, 5.74) is 6.82. The van der Waals surface area contributed by atoms with Crippen molar-refractivity contribution in [1.82, 2.24) is 0 Å². The summed E-state index contributed by atoms with van der Waals surface area (Å²) in [6.07, 6.45) is 4.54. The summed E-state index contributed by atoms with van der Waals surface area (Å²) in [5.74, 6) is 0.401. The number of benzene rings is 2. The molecular formula is C17H15Br. The van der Waals surface area contributed by atoms with Gasteiger partial charge < -0.3 is 0 Å². The molecule has 0 fully saturated rings. The summed E-state index contributed by atoms with van der Waals surface area (Å²) in [7, 11) is 0. The first-order valence-electron chi connectivity index (χ1n) is 6.20. The zero-order chi connectivity index (χ0) is 12.7. The lowest BCUT2D eigenvalue weighted by Crippen LogP contribution is -1.99. The number of hydrogen-bond donors (Lipinski definition) is 0. The minimum absolute atomic E-state index is 0.401. The molecule has 0 nitrogen and oxygen atoms in total. The van der Waals surface area contributed by atoms with Gasteiger partial charge in [0.15, 0.2) is 0 Å². The van der Waals surface area contributed by atoms with Crippen molar-refractivity contribution in [1.29, 1.82) is 0 Å². The fourth-order valence-electron chi connectivity index (χ4n) is 2.63. The molecule has 0 aromatic heterocycles. The molecule has 1 aliphatic carbocycles. The molecule has 0 saturated carbocycles. The quantitative estimate of drug-likeness (QED) is 0.677. The van der Waals surface area contributed by atoms with Crippen molar-refractivity contribution in [2.75, 3.05) is 0 Å². The SMILES string of the molecule is Cc1ccc(C2C=Cc3ccc(Br)c(C)c32)cc1. The Labute approximate surface area is 116 Å². The van der Waals surface area contributed by atoms with Crippen LogP contribution in [0.1, 0.15) is 33.7 Å². The zero-order valence-corrected chi connectivity index (χ0v) is 12.2. The lowest BCUT2D eigenvalue weighted by Gasteiger charge is -2.15. The molecule has 0 amide bonds. The van der Waals surface area contributed by atoms with E-state index in [4.69, 9.17) is 0 Å². The molecular weight excluding hydrogens is 284 g/mol. The fourth-order valence-corrected chi connectivity index (χ4v) is 2.97. The van der Waals surface area contributed by atoms with E-state index in [-0.39, 0.29) is 0 Å². The highest BCUT2D eigenvalue weighted by molar-refractivity contribution is 9.10. The van der Waals surface area contributed by atoms with Crippen LogP contribution in [0.3, 0.4) is 0 Å². The molecule has 0 heterocycles. The highest BCUT2D eigenvalue weighted by atomic mass is 79.9. The van der Waals surface area contributed by atoms with Gasteiger partial charge in [-0.3, -0.25) is 0 Å². The van der Waals surface area contributed by atoms with Crippen LogP contribution in [-0.4, -0.2) is 0 Å². The second-order valence-electron chi connectivity index (χ2n) is 4.92. The fraction of sp³-hybridized carbons (Fsp3) is 0.176. The van der Waals surface area contributed by atoms with Crippen molar-refractivity contribution in [2.24, 2.45) is 0 Å². The number of hydrogen-bond acceptors (Lipinski definition) is 0. The second-order valence-corrected chi connectivity index (χ2v) is 5.78. The third-order valence-electron chi connectivity index (χ3n) is 3.70. The van der Waals surface area contributed by atoms with Gasteiger partial charge in [-0.2, -0.15) is 0 Å². The van der Waals surface area contributed by atoms with E-state index in [2.05, 4.69) is 78.3 Å². The van der Waals surface area contributed by atoms with Crippen LogP contribution in [-0.2, 0) is 0 Å². The third-order valence-corrected chi connectivity index (χ3v) is 4.56. The van der Waals surface area contributed by atoms with Crippen LogP contribution >= 0.6 is 15.9 Å². The van der Waals surface area contributed by atoms with Crippen molar-refractivity contribution in [2.45, 2.75) is 19.8 Å². The summed E-state index contributed by atoms with van der Waals surface area (Å²) in [5, 5.41) is 0. The summed E-state index contributed by atoms with van der Waals surface area (Å²) >= 11 is 3.63. The number of allylic oxidation sites excluding steroid dienone is 1. The van der Waals surface area contributed by atoms with Crippen LogP contribution in [0.2, 0.25) is 0 Å². The van der Waals surface area contributed by atoms with Gasteiger partial charge in [-0.05, 0) is 42.2 Å². The molecule has 0 bridgehead atoms. The van der Waals surface area contributed by atoms with Gasteiger partial charge in [0.05, 0.1) is 0 Å². The molecule has 18 heavy (non-hydrogen) atoms.